The zero-order chi connectivity index (χ0) is 19.7. The van der Waals surface area contributed by atoms with E-state index in [4.69, 9.17) is 4.74 Å². The summed E-state index contributed by atoms with van der Waals surface area (Å²) < 4.78 is 5.34. The average Bonchev–Trinajstić information content (AvgIpc) is 3.07. The fraction of sp³-hybridized carbons (Fsp3) is 0.333. The lowest BCUT2D eigenvalue weighted by molar-refractivity contribution is 0.415. The second-order valence-electron chi connectivity index (χ2n) is 8.83. The van der Waals surface area contributed by atoms with E-state index in [-0.39, 0.29) is 5.54 Å². The first-order valence-corrected chi connectivity index (χ1v) is 12.6. The SMILES string of the molecule is COc1ccc(C2=C(c3ccccc3)CC([Si](C)(C)NC(C)(C)C)=C2)cc1. The summed E-state index contributed by atoms with van der Waals surface area (Å²) >= 11 is 0. The lowest BCUT2D eigenvalue weighted by Crippen LogP contribution is -2.55. The van der Waals surface area contributed by atoms with Crippen molar-refractivity contribution in [3.05, 3.63) is 77.0 Å². The Morgan fingerprint density at radius 1 is 0.889 bits per heavy atom. The van der Waals surface area contributed by atoms with E-state index >= 15 is 0 Å². The number of rotatable bonds is 5. The zero-order valence-electron chi connectivity index (χ0n) is 17.4. The van der Waals surface area contributed by atoms with Crippen LogP contribution in [-0.4, -0.2) is 20.9 Å². The van der Waals surface area contributed by atoms with Gasteiger partial charge in [0, 0.05) is 5.54 Å². The van der Waals surface area contributed by atoms with Crippen LogP contribution in [0.5, 0.6) is 5.75 Å². The molecule has 0 saturated heterocycles. The highest BCUT2D eigenvalue weighted by molar-refractivity contribution is 6.82. The summed E-state index contributed by atoms with van der Waals surface area (Å²) in [5.41, 5.74) is 5.45. The molecular formula is C24H31NOSi. The fourth-order valence-electron chi connectivity index (χ4n) is 3.94. The summed E-state index contributed by atoms with van der Waals surface area (Å²) in [7, 11) is -0.0162. The standard InChI is InChI=1S/C24H31NOSi/c1-24(2,3)25-27(5,6)21-16-22(18-10-8-7-9-11-18)23(17-21)19-12-14-20(26-4)15-13-19/h7-15,17,25H,16H2,1-6H3. The molecule has 2 aromatic carbocycles. The maximum Gasteiger partial charge on any atom is 0.148 e. The Morgan fingerprint density at radius 2 is 1.52 bits per heavy atom. The number of benzene rings is 2. The molecule has 1 N–H and O–H groups in total. The number of ether oxygens (including phenoxy) is 1. The van der Waals surface area contributed by atoms with Crippen molar-refractivity contribution in [1.82, 2.24) is 4.98 Å². The van der Waals surface area contributed by atoms with Crippen LogP contribution in [0.25, 0.3) is 11.1 Å². The quantitative estimate of drug-likeness (QED) is 0.639. The van der Waals surface area contributed by atoms with Crippen molar-refractivity contribution in [3.8, 4) is 5.75 Å². The van der Waals surface area contributed by atoms with Crippen molar-refractivity contribution in [1.29, 1.82) is 0 Å². The second-order valence-corrected chi connectivity index (χ2v) is 13.0. The number of nitrogens with one attached hydrogen (secondary N) is 1. The highest BCUT2D eigenvalue weighted by atomic mass is 28.3. The Kier molecular flexibility index (Phi) is 5.45. The molecule has 0 amide bonds. The molecule has 0 atom stereocenters. The Bertz CT molecular complexity index is 856. The van der Waals surface area contributed by atoms with E-state index in [9.17, 15) is 0 Å². The maximum atomic E-state index is 5.34. The molecule has 0 radical (unpaired) electrons. The van der Waals surface area contributed by atoms with Gasteiger partial charge in [-0.25, -0.2) is 0 Å². The average molecular weight is 378 g/mol. The Morgan fingerprint density at radius 3 is 2.07 bits per heavy atom. The third-order valence-electron chi connectivity index (χ3n) is 5.02. The van der Waals surface area contributed by atoms with Crippen molar-refractivity contribution in [3.63, 3.8) is 0 Å². The van der Waals surface area contributed by atoms with Crippen LogP contribution < -0.4 is 9.72 Å². The Balaban J connectivity index is 2.03. The number of hydrogen-bond acceptors (Lipinski definition) is 2. The number of allylic oxidation sites excluding steroid dienone is 4. The van der Waals surface area contributed by atoms with E-state index < -0.39 is 8.24 Å². The normalized spacial score (nSPS) is 15.1. The van der Waals surface area contributed by atoms with Gasteiger partial charge in [0.25, 0.3) is 0 Å². The molecule has 3 heteroatoms. The van der Waals surface area contributed by atoms with E-state index in [0.29, 0.717) is 0 Å². The molecular weight excluding hydrogens is 346 g/mol. The summed E-state index contributed by atoms with van der Waals surface area (Å²) in [6, 6.07) is 19.2. The van der Waals surface area contributed by atoms with Crippen LogP contribution in [0.4, 0.5) is 0 Å². The molecule has 0 fully saturated rings. The van der Waals surface area contributed by atoms with E-state index in [0.717, 1.165) is 12.2 Å². The van der Waals surface area contributed by atoms with Crippen molar-refractivity contribution < 1.29 is 4.74 Å². The Hall–Kier alpha value is -2.10. The molecule has 0 aliphatic heterocycles. The summed E-state index contributed by atoms with van der Waals surface area (Å²) in [4.78, 5) is 3.92. The molecule has 0 unspecified atom stereocenters. The van der Waals surface area contributed by atoms with Gasteiger partial charge in [-0.15, -0.1) is 0 Å². The predicted molar refractivity (Wildman–Crippen MR) is 119 cm³/mol. The van der Waals surface area contributed by atoms with Gasteiger partial charge in [0.15, 0.2) is 0 Å². The lowest BCUT2D eigenvalue weighted by atomic mass is 9.97. The van der Waals surface area contributed by atoms with Crippen LogP contribution in [0, 0.1) is 0 Å². The first-order chi connectivity index (χ1) is 12.7. The molecule has 0 saturated carbocycles. The molecule has 0 bridgehead atoms. The maximum absolute atomic E-state index is 5.34. The van der Waals surface area contributed by atoms with Crippen LogP contribution in [0.2, 0.25) is 13.1 Å². The van der Waals surface area contributed by atoms with Gasteiger partial charge >= 0.3 is 0 Å². The van der Waals surface area contributed by atoms with E-state index in [2.05, 4.69) is 87.4 Å². The first-order valence-electron chi connectivity index (χ1n) is 9.63. The Labute approximate surface area is 165 Å². The van der Waals surface area contributed by atoms with Crippen LogP contribution >= 0.6 is 0 Å². The first kappa shape index (κ1) is 19.7. The molecule has 2 nitrogen and oxygen atoms in total. The molecule has 0 heterocycles. The summed E-state index contributed by atoms with van der Waals surface area (Å²) in [5, 5.41) is 1.56. The van der Waals surface area contributed by atoms with Crippen LogP contribution in [-0.2, 0) is 0 Å². The summed E-state index contributed by atoms with van der Waals surface area (Å²) in [5.74, 6) is 0.895. The van der Waals surface area contributed by atoms with Crippen molar-refractivity contribution in [2.45, 2.75) is 45.8 Å². The van der Waals surface area contributed by atoms with Gasteiger partial charge in [0.1, 0.15) is 14.0 Å². The zero-order valence-corrected chi connectivity index (χ0v) is 18.4. The third-order valence-corrected chi connectivity index (χ3v) is 8.33. The van der Waals surface area contributed by atoms with Gasteiger partial charge in [0.2, 0.25) is 0 Å². The molecule has 142 valence electrons. The highest BCUT2D eigenvalue weighted by Gasteiger charge is 2.34. The minimum Gasteiger partial charge on any atom is -0.497 e. The molecule has 2 aromatic rings. The third kappa shape index (κ3) is 4.60. The summed E-state index contributed by atoms with van der Waals surface area (Å²) in [6.45, 7) is 11.6. The molecule has 0 aromatic heterocycles. The van der Waals surface area contributed by atoms with Gasteiger partial charge in [-0.2, -0.15) is 0 Å². The number of hydrogen-bond donors (Lipinski definition) is 1. The summed E-state index contributed by atoms with van der Waals surface area (Å²) in [6.07, 6.45) is 3.46. The lowest BCUT2D eigenvalue weighted by Gasteiger charge is -2.34. The van der Waals surface area contributed by atoms with Crippen LogP contribution in [0.15, 0.2) is 65.9 Å². The fourth-order valence-corrected chi connectivity index (χ4v) is 7.10. The van der Waals surface area contributed by atoms with Crippen molar-refractivity contribution >= 4 is 19.4 Å². The van der Waals surface area contributed by atoms with Gasteiger partial charge < -0.3 is 9.72 Å². The van der Waals surface area contributed by atoms with E-state index in [1.54, 1.807) is 12.3 Å². The van der Waals surface area contributed by atoms with Gasteiger partial charge in [-0.05, 0) is 61.6 Å². The minimum absolute atomic E-state index is 0.117. The monoisotopic (exact) mass is 377 g/mol. The minimum atomic E-state index is -1.73. The second kappa shape index (κ2) is 7.49. The van der Waals surface area contributed by atoms with Crippen molar-refractivity contribution in [2.75, 3.05) is 7.11 Å². The molecule has 0 spiro atoms. The van der Waals surface area contributed by atoms with Crippen molar-refractivity contribution in [2.24, 2.45) is 0 Å². The number of methoxy groups -OCH3 is 1. The van der Waals surface area contributed by atoms with Gasteiger partial charge in [0.05, 0.1) is 7.11 Å². The van der Waals surface area contributed by atoms with Crippen LogP contribution in [0.3, 0.4) is 0 Å². The molecule has 3 rings (SSSR count). The molecule has 1 aliphatic carbocycles. The van der Waals surface area contributed by atoms with E-state index in [1.807, 2.05) is 12.1 Å². The van der Waals surface area contributed by atoms with E-state index in [1.165, 1.54) is 22.3 Å². The van der Waals surface area contributed by atoms with Crippen LogP contribution in [0.1, 0.15) is 38.3 Å². The topological polar surface area (TPSA) is 21.3 Å². The predicted octanol–water partition coefficient (Wildman–Crippen LogP) is 6.07. The molecule has 27 heavy (non-hydrogen) atoms. The molecule has 1 aliphatic rings. The highest BCUT2D eigenvalue weighted by Crippen LogP contribution is 2.41. The van der Waals surface area contributed by atoms with Gasteiger partial charge in [-0.3, -0.25) is 0 Å². The van der Waals surface area contributed by atoms with Gasteiger partial charge in [-0.1, -0.05) is 66.8 Å². The largest absolute Gasteiger partial charge is 0.497 e. The smallest absolute Gasteiger partial charge is 0.148 e.